The Morgan fingerprint density at radius 2 is 1.87 bits per heavy atom. The van der Waals surface area contributed by atoms with Gasteiger partial charge in [0.2, 0.25) is 0 Å². The second-order valence-electron chi connectivity index (χ2n) is 4.81. The van der Waals surface area contributed by atoms with Crippen molar-refractivity contribution in [2.24, 2.45) is 0 Å². The number of halogens is 3. The molecule has 23 heavy (non-hydrogen) atoms. The van der Waals surface area contributed by atoms with E-state index in [9.17, 15) is 13.2 Å². The average molecular weight is 323 g/mol. The van der Waals surface area contributed by atoms with Crippen LogP contribution in [0.5, 0.6) is 0 Å². The zero-order chi connectivity index (χ0) is 16.3. The number of rotatable bonds is 5. The van der Waals surface area contributed by atoms with Gasteiger partial charge in [-0.25, -0.2) is 14.3 Å². The molecule has 10 heteroatoms. The first kappa shape index (κ1) is 15.1. The second-order valence-corrected chi connectivity index (χ2v) is 4.81. The van der Waals surface area contributed by atoms with E-state index in [2.05, 4.69) is 25.6 Å². The molecule has 0 fully saturated rings. The minimum atomic E-state index is -4.37. The molecular formula is C13H12F3N7. The zero-order valence-corrected chi connectivity index (χ0v) is 11.8. The fourth-order valence-electron chi connectivity index (χ4n) is 2.06. The summed E-state index contributed by atoms with van der Waals surface area (Å²) < 4.78 is 40.5. The quantitative estimate of drug-likeness (QED) is 0.715. The first-order chi connectivity index (χ1) is 11.0. The van der Waals surface area contributed by atoms with Gasteiger partial charge in [-0.1, -0.05) is 30.3 Å². The number of benzene rings is 1. The molecule has 120 valence electrons. The van der Waals surface area contributed by atoms with E-state index in [1.807, 2.05) is 6.07 Å². The van der Waals surface area contributed by atoms with Gasteiger partial charge in [0.1, 0.15) is 18.7 Å². The zero-order valence-electron chi connectivity index (χ0n) is 11.8. The number of hydrogen-bond acceptors (Lipinski definition) is 5. The van der Waals surface area contributed by atoms with Crippen molar-refractivity contribution in [1.82, 2.24) is 35.0 Å². The lowest BCUT2D eigenvalue weighted by atomic mass is 10.2. The second kappa shape index (κ2) is 6.15. The molecule has 0 N–H and O–H groups in total. The molecule has 3 rings (SSSR count). The van der Waals surface area contributed by atoms with Crippen molar-refractivity contribution < 1.29 is 13.2 Å². The van der Waals surface area contributed by atoms with Gasteiger partial charge < -0.3 is 0 Å². The van der Waals surface area contributed by atoms with Gasteiger partial charge in [-0.05, 0) is 10.4 Å². The summed E-state index contributed by atoms with van der Waals surface area (Å²) in [5.74, 6) is 0.498. The van der Waals surface area contributed by atoms with Crippen molar-refractivity contribution in [1.29, 1.82) is 0 Å². The molecule has 2 heterocycles. The van der Waals surface area contributed by atoms with Crippen LogP contribution in [0.15, 0.2) is 36.7 Å². The van der Waals surface area contributed by atoms with Crippen LogP contribution in [0.4, 0.5) is 13.2 Å². The molecule has 0 unspecified atom stereocenters. The van der Waals surface area contributed by atoms with E-state index in [1.54, 1.807) is 24.3 Å². The molecule has 0 amide bonds. The fraction of sp³-hybridized carbons (Fsp3) is 0.308. The molecule has 3 aromatic rings. The third-order valence-electron chi connectivity index (χ3n) is 3.07. The highest BCUT2D eigenvalue weighted by atomic mass is 19.4. The topological polar surface area (TPSA) is 74.3 Å². The molecular weight excluding hydrogens is 311 g/mol. The lowest BCUT2D eigenvalue weighted by molar-refractivity contribution is -0.143. The van der Waals surface area contributed by atoms with Crippen LogP contribution < -0.4 is 0 Å². The first-order valence-corrected chi connectivity index (χ1v) is 6.78. The van der Waals surface area contributed by atoms with Gasteiger partial charge in [-0.2, -0.15) is 18.3 Å². The van der Waals surface area contributed by atoms with Gasteiger partial charge in [0, 0.05) is 12.0 Å². The van der Waals surface area contributed by atoms with Crippen molar-refractivity contribution >= 4 is 0 Å². The van der Waals surface area contributed by atoms with Crippen LogP contribution in [0.1, 0.15) is 5.82 Å². The normalized spacial score (nSPS) is 11.8. The van der Waals surface area contributed by atoms with Gasteiger partial charge in [0.25, 0.3) is 0 Å². The van der Waals surface area contributed by atoms with Crippen molar-refractivity contribution in [2.75, 3.05) is 0 Å². The number of alkyl halides is 3. The van der Waals surface area contributed by atoms with Gasteiger partial charge in [0.05, 0.1) is 6.54 Å². The van der Waals surface area contributed by atoms with E-state index in [1.165, 1.54) is 11.0 Å². The van der Waals surface area contributed by atoms with Gasteiger partial charge in [-0.15, -0.1) is 5.10 Å². The maximum Gasteiger partial charge on any atom is 0.408 e. The van der Waals surface area contributed by atoms with Gasteiger partial charge in [-0.3, -0.25) is 0 Å². The molecule has 0 aliphatic rings. The minimum Gasteiger partial charge on any atom is -0.240 e. The van der Waals surface area contributed by atoms with E-state index in [4.69, 9.17) is 0 Å². The molecule has 7 nitrogen and oxygen atoms in total. The van der Waals surface area contributed by atoms with Crippen LogP contribution in [-0.4, -0.2) is 41.1 Å². The summed E-state index contributed by atoms with van der Waals surface area (Å²) in [6, 6.07) is 8.87. The molecule has 2 aromatic heterocycles. The largest absolute Gasteiger partial charge is 0.408 e. The number of aromatic nitrogens is 7. The standard InChI is InChI=1S/C13H12F3N7/c14-13(15,16)8-23-11(6-7-22-9-17-20-21-22)18-12(19-23)10-4-2-1-3-5-10/h1-5,9H,6-8H2. The molecule has 0 saturated heterocycles. The highest BCUT2D eigenvalue weighted by Gasteiger charge is 2.30. The summed E-state index contributed by atoms with van der Waals surface area (Å²) in [5, 5.41) is 14.6. The highest BCUT2D eigenvalue weighted by molar-refractivity contribution is 5.53. The summed E-state index contributed by atoms with van der Waals surface area (Å²) in [6.07, 6.45) is -2.74. The maximum atomic E-state index is 12.7. The van der Waals surface area contributed by atoms with Crippen LogP contribution in [0.2, 0.25) is 0 Å². The summed E-state index contributed by atoms with van der Waals surface area (Å²) in [5.41, 5.74) is 0.664. The summed E-state index contributed by atoms with van der Waals surface area (Å²) in [6.45, 7) is -0.866. The van der Waals surface area contributed by atoms with Crippen LogP contribution in [0.3, 0.4) is 0 Å². The van der Waals surface area contributed by atoms with Crippen molar-refractivity contribution in [3.63, 3.8) is 0 Å². The van der Waals surface area contributed by atoms with E-state index in [-0.39, 0.29) is 18.1 Å². The number of nitrogens with zero attached hydrogens (tertiary/aromatic N) is 7. The lowest BCUT2D eigenvalue weighted by Crippen LogP contribution is -2.21. The van der Waals surface area contributed by atoms with Crippen LogP contribution in [0.25, 0.3) is 11.4 Å². The number of aryl methyl sites for hydroxylation is 2. The van der Waals surface area contributed by atoms with E-state index >= 15 is 0 Å². The molecule has 0 radical (unpaired) electrons. The Balaban J connectivity index is 1.87. The predicted octanol–water partition coefficient (Wildman–Crippen LogP) is 1.74. The third kappa shape index (κ3) is 3.90. The number of hydrogen-bond donors (Lipinski definition) is 0. The molecule has 1 aromatic carbocycles. The maximum absolute atomic E-state index is 12.7. The third-order valence-corrected chi connectivity index (χ3v) is 3.07. The van der Waals surface area contributed by atoms with E-state index in [0.29, 0.717) is 12.1 Å². The summed E-state index contributed by atoms with van der Waals surface area (Å²) in [4.78, 5) is 4.23. The monoisotopic (exact) mass is 323 g/mol. The SMILES string of the molecule is FC(F)(F)Cn1nc(-c2ccccc2)nc1CCn1cnnn1. The van der Waals surface area contributed by atoms with Gasteiger partial charge >= 0.3 is 6.18 Å². The predicted molar refractivity (Wildman–Crippen MR) is 73.0 cm³/mol. The Bertz CT molecular complexity index is 750. The Hall–Kier alpha value is -2.78. The minimum absolute atomic E-state index is 0.233. The molecule has 0 saturated carbocycles. The molecule has 0 bridgehead atoms. The number of tetrazole rings is 1. The first-order valence-electron chi connectivity index (χ1n) is 6.78. The molecule has 0 aliphatic carbocycles. The fourth-order valence-corrected chi connectivity index (χ4v) is 2.06. The Labute approximate surface area is 128 Å². The van der Waals surface area contributed by atoms with E-state index < -0.39 is 12.7 Å². The molecule has 0 atom stereocenters. The van der Waals surface area contributed by atoms with E-state index in [0.717, 1.165) is 4.68 Å². The van der Waals surface area contributed by atoms with Crippen LogP contribution in [0, 0.1) is 0 Å². The van der Waals surface area contributed by atoms with Crippen molar-refractivity contribution in [3.8, 4) is 11.4 Å². The highest BCUT2D eigenvalue weighted by Crippen LogP contribution is 2.21. The van der Waals surface area contributed by atoms with Crippen molar-refractivity contribution in [3.05, 3.63) is 42.5 Å². The van der Waals surface area contributed by atoms with Gasteiger partial charge in [0.15, 0.2) is 5.82 Å². The van der Waals surface area contributed by atoms with Crippen LogP contribution >= 0.6 is 0 Å². The summed E-state index contributed by atoms with van der Waals surface area (Å²) >= 11 is 0. The Kier molecular flexibility index (Phi) is 4.04. The Morgan fingerprint density at radius 3 is 2.52 bits per heavy atom. The van der Waals surface area contributed by atoms with Crippen LogP contribution in [-0.2, 0) is 19.5 Å². The smallest absolute Gasteiger partial charge is 0.240 e. The molecule has 0 aliphatic heterocycles. The Morgan fingerprint density at radius 1 is 1.09 bits per heavy atom. The average Bonchev–Trinajstić information content (AvgIpc) is 3.14. The van der Waals surface area contributed by atoms with Crippen molar-refractivity contribution in [2.45, 2.75) is 25.7 Å². The summed E-state index contributed by atoms with van der Waals surface area (Å²) in [7, 11) is 0. The lowest BCUT2D eigenvalue weighted by Gasteiger charge is -2.08. The molecule has 0 spiro atoms.